The van der Waals surface area contributed by atoms with Gasteiger partial charge < -0.3 is 38.1 Å². The number of nitrogens with zero attached hydrogens (tertiary/aromatic N) is 5. The van der Waals surface area contributed by atoms with Crippen LogP contribution in [0.5, 0.6) is 0 Å². The fraction of sp³-hybridized carbons (Fsp3) is 0.548. The second-order valence-corrected chi connectivity index (χ2v) is 11.5. The summed E-state index contributed by atoms with van der Waals surface area (Å²) in [4.78, 5) is 54.5. The molecule has 12 nitrogen and oxygen atoms in total. The van der Waals surface area contributed by atoms with Crippen LogP contribution in [0.2, 0.25) is 0 Å². The number of aromatic nitrogens is 2. The van der Waals surface area contributed by atoms with E-state index in [2.05, 4.69) is 89.0 Å². The number of piperidine rings is 1. The molecule has 2 aliphatic heterocycles. The van der Waals surface area contributed by atoms with Crippen LogP contribution in [-0.2, 0) is 25.7 Å². The van der Waals surface area contributed by atoms with Crippen LogP contribution in [0.4, 0.5) is 0 Å². The Kier molecular flexibility index (Phi) is 36.9. The predicted molar refractivity (Wildman–Crippen MR) is 189 cm³/mol. The fourth-order valence-corrected chi connectivity index (χ4v) is 4.43. The molecule has 0 amide bonds. The van der Waals surface area contributed by atoms with Gasteiger partial charge in [-0.3, -0.25) is 19.3 Å². The van der Waals surface area contributed by atoms with Gasteiger partial charge in [-0.25, -0.2) is 9.97 Å². The quantitative estimate of drug-likeness (QED) is 0.134. The Morgan fingerprint density at radius 2 is 1.19 bits per heavy atom. The van der Waals surface area contributed by atoms with Gasteiger partial charge in [0.1, 0.15) is 9.21 Å². The first-order valence-corrected chi connectivity index (χ1v) is 16.3. The summed E-state index contributed by atoms with van der Waals surface area (Å²) in [7, 11) is 4.47. The van der Waals surface area contributed by atoms with E-state index < -0.39 is 11.9 Å². The monoisotopic (exact) mass is 796 g/mol. The molecular weight excluding hydrogens is 748 g/mol. The molecule has 0 unspecified atom stereocenters. The summed E-state index contributed by atoms with van der Waals surface area (Å²) in [6.07, 6.45) is 8.53. The van der Waals surface area contributed by atoms with Gasteiger partial charge in [-0.2, -0.15) is 0 Å². The molecule has 4 rings (SSSR count). The first-order chi connectivity index (χ1) is 20.9. The van der Waals surface area contributed by atoms with Crippen LogP contribution in [0.25, 0.3) is 0 Å². The molecule has 2 fully saturated rings. The number of carbonyl (C=O) groups is 4. The van der Waals surface area contributed by atoms with Gasteiger partial charge in [-0.05, 0) is 94.6 Å². The Balaban J connectivity index is -0.000000260. The summed E-state index contributed by atoms with van der Waals surface area (Å²) in [6.45, 7) is 19.0. The third-order valence-corrected chi connectivity index (χ3v) is 7.11. The summed E-state index contributed by atoms with van der Waals surface area (Å²) >= 11 is 6.50. The van der Waals surface area contributed by atoms with E-state index in [0.29, 0.717) is 5.56 Å². The number of piperazine rings is 1. The van der Waals surface area contributed by atoms with Crippen LogP contribution in [0.15, 0.2) is 45.9 Å². The number of esters is 2. The van der Waals surface area contributed by atoms with Crippen molar-refractivity contribution < 1.29 is 64.4 Å². The molecule has 0 spiro atoms. The molecule has 2 aromatic rings. The van der Waals surface area contributed by atoms with E-state index in [-0.39, 0.29) is 46.2 Å². The van der Waals surface area contributed by atoms with Crippen molar-refractivity contribution in [2.24, 2.45) is 0 Å². The number of rotatable bonds is 5. The third-order valence-electron chi connectivity index (χ3n) is 6.18. The predicted octanol–water partition coefficient (Wildman–Crippen LogP) is 0.282. The van der Waals surface area contributed by atoms with Crippen molar-refractivity contribution in [3.63, 3.8) is 0 Å². The van der Waals surface area contributed by atoms with E-state index in [1.165, 1.54) is 104 Å². The van der Waals surface area contributed by atoms with Gasteiger partial charge >= 0.3 is 41.5 Å². The number of halogens is 2. The fourth-order valence-electron chi connectivity index (χ4n) is 3.96. The van der Waals surface area contributed by atoms with Crippen LogP contribution < -0.4 is 29.6 Å². The molecular formula is C31H50BBr2N5NaO7. The zero-order chi connectivity index (χ0) is 33.3. The van der Waals surface area contributed by atoms with Gasteiger partial charge in [-0.1, -0.05) is 33.3 Å². The van der Waals surface area contributed by atoms with Crippen LogP contribution in [-0.4, -0.2) is 120 Å². The molecule has 0 aliphatic carbocycles. The summed E-state index contributed by atoms with van der Waals surface area (Å²) in [6, 6.07) is 7.58. The Bertz CT molecular complexity index is 1080. The van der Waals surface area contributed by atoms with E-state index >= 15 is 0 Å². The van der Waals surface area contributed by atoms with Crippen molar-refractivity contribution in [3.8, 4) is 0 Å². The number of ether oxygens (including phenoxy) is 1. The molecule has 0 atom stereocenters. The normalized spacial score (nSPS) is 13.9. The first kappa shape index (κ1) is 52.4. The van der Waals surface area contributed by atoms with Gasteiger partial charge in [0, 0.05) is 64.5 Å². The maximum absolute atomic E-state index is 10.1. The molecule has 2 aromatic heterocycles. The molecule has 0 saturated carbocycles. The first-order valence-electron chi connectivity index (χ1n) is 14.7. The molecule has 47 heavy (non-hydrogen) atoms. The molecule has 2 saturated heterocycles. The summed E-state index contributed by atoms with van der Waals surface area (Å²) < 4.78 is 5.63. The second-order valence-electron chi connectivity index (χ2n) is 9.92. The van der Waals surface area contributed by atoms with Gasteiger partial charge in [-0.15, -0.1) is 5.68 Å². The Morgan fingerprint density at radius 3 is 1.51 bits per heavy atom. The van der Waals surface area contributed by atoms with Gasteiger partial charge in [0.2, 0.25) is 0 Å². The van der Waals surface area contributed by atoms with Crippen molar-refractivity contribution in [2.45, 2.75) is 60.4 Å². The van der Waals surface area contributed by atoms with E-state index in [1.54, 1.807) is 12.1 Å². The Morgan fingerprint density at radius 1 is 0.766 bits per heavy atom. The number of carbonyl (C=O) groups excluding carboxylic acids is 4. The van der Waals surface area contributed by atoms with Crippen LogP contribution in [0, 0.1) is 0 Å². The average molecular weight is 798 g/mol. The minimum atomic E-state index is -0.562. The summed E-state index contributed by atoms with van der Waals surface area (Å²) in [5, 5.41) is 0. The maximum Gasteiger partial charge on any atom is 1.00 e. The topological polar surface area (TPSA) is 176 Å². The largest absolute Gasteiger partial charge is 1.00 e. The summed E-state index contributed by atoms with van der Waals surface area (Å²) in [5.74, 6) is -1.12. The van der Waals surface area contributed by atoms with E-state index in [4.69, 9.17) is 0 Å². The van der Waals surface area contributed by atoms with Crippen LogP contribution in [0.1, 0.15) is 69.8 Å². The SMILES string of the molecule is CC(=O)OC(C)=O.CCN1CCCCC1.CCN1CCN(Cc2ccc(Br)nc2)CC1.O.O.O=Cc1ccc(Br)nc1.[B-]C(C)=O.[Na+]. The van der Waals surface area contributed by atoms with Gasteiger partial charge in [0.05, 0.1) is 0 Å². The van der Waals surface area contributed by atoms with Crippen LogP contribution >= 0.6 is 31.9 Å². The van der Waals surface area contributed by atoms with Crippen molar-refractivity contribution in [1.82, 2.24) is 24.7 Å². The van der Waals surface area contributed by atoms with E-state index in [1.807, 2.05) is 12.3 Å². The number of hydrogen-bond acceptors (Lipinski definition) is 10. The number of aldehydes is 1. The second kappa shape index (κ2) is 33.1. The zero-order valence-corrected chi connectivity index (χ0v) is 33.8. The van der Waals surface area contributed by atoms with Crippen molar-refractivity contribution in [3.05, 3.63) is 57.0 Å². The average Bonchev–Trinajstić information content (AvgIpc) is 2.99. The van der Waals surface area contributed by atoms with E-state index in [0.717, 1.165) is 22.0 Å². The van der Waals surface area contributed by atoms with Crippen molar-refractivity contribution >= 4 is 63.6 Å². The minimum absolute atomic E-state index is 0. The van der Waals surface area contributed by atoms with Crippen molar-refractivity contribution in [1.29, 1.82) is 0 Å². The molecule has 0 aromatic carbocycles. The van der Waals surface area contributed by atoms with Crippen LogP contribution in [0.3, 0.4) is 0 Å². The molecule has 4 N–H and O–H groups in total. The smallest absolute Gasteiger partial charge is 0.528 e. The van der Waals surface area contributed by atoms with Gasteiger partial charge in [0.15, 0.2) is 6.29 Å². The van der Waals surface area contributed by atoms with Crippen molar-refractivity contribution in [2.75, 3.05) is 52.4 Å². The minimum Gasteiger partial charge on any atom is -0.528 e. The standard InChI is InChI=1S/C12H18BrN3.C7H15N.C6H4BrNO.C4H6O3.C2H3BO.Na.2H2O/c1-2-15-5-7-16(8-6-15)10-11-3-4-12(13)14-9-11;1-2-8-6-4-3-5-7-8;7-6-2-1-5(4-9)3-8-6;1-3(5)7-4(2)6;1-2(3)4;;;/h3-4,9H,2,5-8,10H2,1H3;2-7H2,1H3;1-4H;1-2H3;1H3;;2*1H2/q;;;;-1;+1;;. The van der Waals surface area contributed by atoms with Gasteiger partial charge in [0.25, 0.3) is 0 Å². The molecule has 16 heteroatoms. The maximum atomic E-state index is 10.1. The molecule has 0 bridgehead atoms. The number of hydrogen-bond donors (Lipinski definition) is 0. The Hall–Kier alpha value is -1.40. The zero-order valence-electron chi connectivity index (χ0n) is 28.6. The number of likely N-dealkylation sites (N-methyl/N-ethyl adjacent to an activating group) is 1. The number of pyridine rings is 2. The molecule has 2 aliphatic rings. The third kappa shape index (κ3) is 31.6. The Labute approximate surface area is 320 Å². The molecule has 259 valence electrons. The van der Waals surface area contributed by atoms with E-state index in [9.17, 15) is 19.2 Å². The number of likely N-dealkylation sites (tertiary alicyclic amines) is 1. The molecule has 4 heterocycles. The molecule has 3 radical (unpaired) electrons. The summed E-state index contributed by atoms with van der Waals surface area (Å²) in [5.41, 5.74) is 1.56.